The van der Waals surface area contributed by atoms with Crippen LogP contribution < -0.4 is 11.1 Å². The van der Waals surface area contributed by atoms with E-state index in [0.717, 1.165) is 37.8 Å². The first kappa shape index (κ1) is 21.5. The molecule has 0 spiro atoms. The number of aryl methyl sites for hydroxylation is 1. The molecule has 2 aromatic rings. The van der Waals surface area contributed by atoms with Crippen LogP contribution in [0.1, 0.15) is 72.5 Å². The topological polar surface area (TPSA) is 75.3 Å². The molecule has 0 bridgehead atoms. The van der Waals surface area contributed by atoms with E-state index in [-0.39, 0.29) is 23.3 Å². The molecule has 4 heteroatoms. The van der Waals surface area contributed by atoms with Crippen molar-refractivity contribution in [1.82, 2.24) is 0 Å². The van der Waals surface area contributed by atoms with Crippen LogP contribution in [0.5, 0.6) is 0 Å². The molecule has 0 radical (unpaired) electrons. The van der Waals surface area contributed by atoms with Gasteiger partial charge in [-0.15, -0.1) is 0 Å². The molecule has 170 valence electrons. The second-order valence-corrected chi connectivity index (χ2v) is 10.6. The number of aliphatic hydroxyl groups is 1. The Morgan fingerprint density at radius 2 is 2.06 bits per heavy atom. The number of hydrogen-bond donors (Lipinski definition) is 3. The summed E-state index contributed by atoms with van der Waals surface area (Å²) in [6, 6.07) is 14.6. The lowest BCUT2D eigenvalue weighted by molar-refractivity contribution is -0.0325. The van der Waals surface area contributed by atoms with Gasteiger partial charge in [-0.25, -0.2) is 0 Å². The maximum Gasteiger partial charge on any atom is 0.248 e. The normalized spacial score (nSPS) is 33.2. The SMILES string of the molecule is CCNc1ccc2c(c1)CCC1C2CC[C@@]2(C)C1C[C@H](Cc1cccc(C(N)=O)c1)[C@@H]2O. The van der Waals surface area contributed by atoms with Gasteiger partial charge in [0.1, 0.15) is 0 Å². The van der Waals surface area contributed by atoms with E-state index in [1.165, 1.54) is 24.1 Å². The quantitative estimate of drug-likeness (QED) is 0.629. The first-order chi connectivity index (χ1) is 15.4. The maximum absolute atomic E-state index is 11.6. The highest BCUT2D eigenvalue weighted by Gasteiger charge is 2.57. The van der Waals surface area contributed by atoms with Gasteiger partial charge in [-0.3, -0.25) is 4.79 Å². The van der Waals surface area contributed by atoms with Gasteiger partial charge in [0.25, 0.3) is 0 Å². The number of nitrogens with two attached hydrogens (primary N) is 1. The highest BCUT2D eigenvalue weighted by Crippen LogP contribution is 2.62. The third kappa shape index (κ3) is 3.53. The molecule has 0 heterocycles. The number of hydrogen-bond acceptors (Lipinski definition) is 3. The van der Waals surface area contributed by atoms with E-state index in [1.54, 1.807) is 11.6 Å². The van der Waals surface area contributed by atoms with Crippen molar-refractivity contribution in [2.45, 2.75) is 64.4 Å². The number of anilines is 1. The number of carbonyl (C=O) groups excluding carboxylic acids is 1. The van der Waals surface area contributed by atoms with E-state index in [1.807, 2.05) is 12.1 Å². The van der Waals surface area contributed by atoms with Crippen molar-refractivity contribution < 1.29 is 9.90 Å². The lowest BCUT2D eigenvalue weighted by Gasteiger charge is -2.50. The van der Waals surface area contributed by atoms with Crippen molar-refractivity contribution in [3.8, 4) is 0 Å². The first-order valence-electron chi connectivity index (χ1n) is 12.3. The average Bonchev–Trinajstić information content (AvgIpc) is 3.04. The molecular weight excluding hydrogens is 396 g/mol. The van der Waals surface area contributed by atoms with Gasteiger partial charge < -0.3 is 16.2 Å². The molecule has 5 rings (SSSR count). The number of rotatable bonds is 5. The number of fused-ring (bicyclic) bond motifs is 5. The summed E-state index contributed by atoms with van der Waals surface area (Å²) in [7, 11) is 0. The monoisotopic (exact) mass is 432 g/mol. The van der Waals surface area contributed by atoms with Crippen LogP contribution in [0.2, 0.25) is 0 Å². The summed E-state index contributed by atoms with van der Waals surface area (Å²) in [6.45, 7) is 5.43. The van der Waals surface area contributed by atoms with E-state index in [9.17, 15) is 9.90 Å². The maximum atomic E-state index is 11.6. The number of benzene rings is 2. The molecule has 3 aliphatic carbocycles. The molecule has 0 aromatic heterocycles. The van der Waals surface area contributed by atoms with Crippen molar-refractivity contribution >= 4 is 11.6 Å². The Bertz CT molecular complexity index is 1020. The zero-order chi connectivity index (χ0) is 22.5. The summed E-state index contributed by atoms with van der Waals surface area (Å²) in [4.78, 5) is 11.6. The lowest BCUT2D eigenvalue weighted by Crippen LogP contribution is -2.44. The molecule has 4 N–H and O–H groups in total. The molecule has 32 heavy (non-hydrogen) atoms. The summed E-state index contributed by atoms with van der Waals surface area (Å²) in [5.74, 6) is 1.69. The van der Waals surface area contributed by atoms with Gasteiger partial charge in [0, 0.05) is 17.8 Å². The highest BCUT2D eigenvalue weighted by atomic mass is 16.3. The zero-order valence-electron chi connectivity index (χ0n) is 19.3. The van der Waals surface area contributed by atoms with Crippen LogP contribution in [0, 0.1) is 23.2 Å². The predicted molar refractivity (Wildman–Crippen MR) is 129 cm³/mol. The fourth-order valence-corrected chi connectivity index (χ4v) is 7.40. The number of carbonyl (C=O) groups is 1. The Morgan fingerprint density at radius 1 is 1.22 bits per heavy atom. The van der Waals surface area contributed by atoms with Gasteiger partial charge >= 0.3 is 0 Å². The molecule has 4 nitrogen and oxygen atoms in total. The molecule has 2 saturated carbocycles. The number of aliphatic hydroxyl groups excluding tert-OH is 1. The summed E-state index contributed by atoms with van der Waals surface area (Å²) >= 11 is 0. The Kier molecular flexibility index (Phi) is 5.53. The molecule has 3 unspecified atom stereocenters. The van der Waals surface area contributed by atoms with Gasteiger partial charge in [-0.1, -0.05) is 25.1 Å². The second-order valence-electron chi connectivity index (χ2n) is 10.6. The highest BCUT2D eigenvalue weighted by molar-refractivity contribution is 5.92. The second kappa shape index (κ2) is 8.22. The number of primary amides is 1. The van der Waals surface area contributed by atoms with Crippen LogP contribution in [0.4, 0.5) is 5.69 Å². The molecule has 1 amide bonds. The zero-order valence-corrected chi connectivity index (χ0v) is 19.3. The predicted octanol–water partition coefficient (Wildman–Crippen LogP) is 4.90. The molecule has 3 aliphatic rings. The van der Waals surface area contributed by atoms with E-state index in [4.69, 9.17) is 5.73 Å². The summed E-state index contributed by atoms with van der Waals surface area (Å²) in [5.41, 5.74) is 11.4. The first-order valence-corrected chi connectivity index (χ1v) is 12.3. The van der Waals surface area contributed by atoms with Crippen LogP contribution in [0.3, 0.4) is 0 Å². The van der Waals surface area contributed by atoms with Crippen molar-refractivity contribution in [1.29, 1.82) is 0 Å². The third-order valence-corrected chi connectivity index (χ3v) is 8.93. The van der Waals surface area contributed by atoms with Gasteiger partial charge in [0.15, 0.2) is 0 Å². The van der Waals surface area contributed by atoms with Crippen molar-refractivity contribution in [3.63, 3.8) is 0 Å². The molecular formula is C28H36N2O2. The third-order valence-electron chi connectivity index (χ3n) is 8.93. The average molecular weight is 433 g/mol. The van der Waals surface area contributed by atoms with E-state index in [0.29, 0.717) is 23.3 Å². The minimum absolute atomic E-state index is 0.00561. The Hall–Kier alpha value is -2.33. The number of amides is 1. The van der Waals surface area contributed by atoms with Crippen molar-refractivity contribution in [2.75, 3.05) is 11.9 Å². The van der Waals surface area contributed by atoms with Crippen LogP contribution in [0.15, 0.2) is 42.5 Å². The van der Waals surface area contributed by atoms with Crippen LogP contribution in [-0.2, 0) is 12.8 Å². The summed E-state index contributed by atoms with van der Waals surface area (Å²) in [5, 5.41) is 14.9. The largest absolute Gasteiger partial charge is 0.392 e. The fraction of sp³-hybridized carbons (Fsp3) is 0.536. The van der Waals surface area contributed by atoms with Gasteiger partial charge in [0.05, 0.1) is 6.10 Å². The van der Waals surface area contributed by atoms with Crippen LogP contribution in [0.25, 0.3) is 0 Å². The van der Waals surface area contributed by atoms with E-state index in [2.05, 4.69) is 43.4 Å². The standard InChI is InChI=1S/C28H36N2O2/c1-3-30-21-8-10-22-18(15-21)7-9-24-23(22)11-12-28(2)25(24)16-20(26(28)31)14-17-5-4-6-19(13-17)27(29)32/h4-6,8,10,13,15,20,23-26,30-31H,3,7,9,11-12,14,16H2,1-2H3,(H2,29,32)/t20-,23?,24?,25?,26-,28-/m0/s1. The molecule has 0 saturated heterocycles. The Morgan fingerprint density at radius 3 is 2.84 bits per heavy atom. The fourth-order valence-electron chi connectivity index (χ4n) is 7.40. The molecule has 0 aliphatic heterocycles. The Balaban J connectivity index is 1.38. The van der Waals surface area contributed by atoms with Gasteiger partial charge in [-0.2, -0.15) is 0 Å². The molecule has 6 atom stereocenters. The molecule has 2 aromatic carbocycles. The minimum Gasteiger partial charge on any atom is -0.392 e. The van der Waals surface area contributed by atoms with Gasteiger partial charge in [0.2, 0.25) is 5.91 Å². The smallest absolute Gasteiger partial charge is 0.248 e. The Labute approximate surface area is 191 Å². The number of nitrogens with one attached hydrogen (secondary N) is 1. The summed E-state index contributed by atoms with van der Waals surface area (Å²) in [6.07, 6.45) is 6.23. The van der Waals surface area contributed by atoms with Gasteiger partial charge in [-0.05, 0) is 115 Å². The van der Waals surface area contributed by atoms with Crippen LogP contribution >= 0.6 is 0 Å². The summed E-state index contributed by atoms with van der Waals surface area (Å²) < 4.78 is 0. The van der Waals surface area contributed by atoms with E-state index >= 15 is 0 Å². The minimum atomic E-state index is -0.388. The lowest BCUT2D eigenvalue weighted by atomic mass is 9.55. The van der Waals surface area contributed by atoms with Crippen molar-refractivity contribution in [2.24, 2.45) is 28.9 Å². The van der Waals surface area contributed by atoms with Crippen molar-refractivity contribution in [3.05, 3.63) is 64.7 Å². The van der Waals surface area contributed by atoms with Crippen LogP contribution in [-0.4, -0.2) is 23.7 Å². The van der Waals surface area contributed by atoms with E-state index < -0.39 is 0 Å². The molecule has 2 fully saturated rings.